The minimum absolute atomic E-state index is 0.114. The van der Waals surface area contributed by atoms with Crippen LogP contribution in [0.1, 0.15) is 35.7 Å². The van der Waals surface area contributed by atoms with Crippen LogP contribution >= 0.6 is 0 Å². The smallest absolute Gasteiger partial charge is 0.194 e. The Balaban J connectivity index is 1.46. The molecule has 180 valence electrons. The second kappa shape index (κ2) is 9.40. The lowest BCUT2D eigenvalue weighted by atomic mass is 9.95. The van der Waals surface area contributed by atoms with Crippen molar-refractivity contribution in [1.29, 1.82) is 0 Å². The molecule has 2 aromatic carbocycles. The van der Waals surface area contributed by atoms with Gasteiger partial charge in [0, 0.05) is 17.7 Å². The standard InChI is InChI=1S/C26H23F3N4O2/c1-15-8-19(13-30-31-15)20-6-5-16(10-24(20)34-2)9-17-4-3-7-33-23(14-35-32-26(17)33)18-11-21(27)25(29)22(28)12-18/h5-6,8-13,23H,3-4,7,14H2,1-2H3/b17-9+. The Morgan fingerprint density at radius 2 is 1.91 bits per heavy atom. The molecule has 1 aromatic heterocycles. The Kier molecular flexibility index (Phi) is 6.15. The van der Waals surface area contributed by atoms with Crippen LogP contribution in [0.2, 0.25) is 0 Å². The third kappa shape index (κ3) is 4.45. The van der Waals surface area contributed by atoms with Crippen LogP contribution in [0.3, 0.4) is 0 Å². The van der Waals surface area contributed by atoms with Crippen LogP contribution in [0.4, 0.5) is 13.2 Å². The molecule has 0 N–H and O–H groups in total. The third-order valence-electron chi connectivity index (χ3n) is 6.21. The van der Waals surface area contributed by atoms with E-state index < -0.39 is 23.5 Å². The summed E-state index contributed by atoms with van der Waals surface area (Å²) in [5.41, 5.74) is 4.76. The maximum absolute atomic E-state index is 13.9. The van der Waals surface area contributed by atoms with E-state index in [2.05, 4.69) is 15.4 Å². The lowest BCUT2D eigenvalue weighted by molar-refractivity contribution is 0.0572. The Bertz CT molecular complexity index is 1320. The molecule has 0 aliphatic carbocycles. The molecule has 0 radical (unpaired) electrons. The van der Waals surface area contributed by atoms with Gasteiger partial charge in [0.2, 0.25) is 0 Å². The predicted octanol–water partition coefficient (Wildman–Crippen LogP) is 5.44. The molecule has 3 aromatic rings. The zero-order chi connectivity index (χ0) is 24.5. The molecule has 0 amide bonds. The normalized spacial score (nSPS) is 18.7. The molecule has 1 saturated heterocycles. The fourth-order valence-corrected chi connectivity index (χ4v) is 4.55. The molecule has 0 bridgehead atoms. The fraction of sp³-hybridized carbons (Fsp3) is 0.269. The second-order valence-corrected chi connectivity index (χ2v) is 8.54. The Labute approximate surface area is 200 Å². The van der Waals surface area contributed by atoms with E-state index in [4.69, 9.17) is 9.57 Å². The highest BCUT2D eigenvalue weighted by Gasteiger charge is 2.34. The Morgan fingerprint density at radius 1 is 1.11 bits per heavy atom. The van der Waals surface area contributed by atoms with Crippen LogP contribution in [-0.4, -0.2) is 41.2 Å². The van der Waals surface area contributed by atoms with Crippen LogP contribution < -0.4 is 4.74 Å². The monoisotopic (exact) mass is 480 g/mol. The van der Waals surface area contributed by atoms with E-state index in [0.717, 1.165) is 52.9 Å². The van der Waals surface area contributed by atoms with Crippen LogP contribution in [0.15, 0.2) is 53.3 Å². The van der Waals surface area contributed by atoms with Crippen molar-refractivity contribution in [3.05, 3.63) is 82.4 Å². The molecule has 3 heterocycles. The van der Waals surface area contributed by atoms with Gasteiger partial charge in [-0.2, -0.15) is 10.2 Å². The molecule has 0 saturated carbocycles. The SMILES string of the molecule is COc1cc(/C=C2\CCCN3C2=NOCC3c2cc(F)c(F)c(F)c2)ccc1-c1cnnc(C)c1. The first kappa shape index (κ1) is 22.9. The summed E-state index contributed by atoms with van der Waals surface area (Å²) in [6, 6.07) is 9.38. The molecule has 1 fully saturated rings. The number of rotatable bonds is 4. The van der Waals surface area contributed by atoms with Gasteiger partial charge in [0.05, 0.1) is 25.0 Å². The van der Waals surface area contributed by atoms with Crippen LogP contribution in [0, 0.1) is 24.4 Å². The van der Waals surface area contributed by atoms with Gasteiger partial charge in [-0.1, -0.05) is 11.2 Å². The number of piperidine rings is 1. The molecule has 9 heteroatoms. The number of methoxy groups -OCH3 is 1. The lowest BCUT2D eigenvalue weighted by Crippen LogP contribution is -2.44. The summed E-state index contributed by atoms with van der Waals surface area (Å²) >= 11 is 0. The van der Waals surface area contributed by atoms with Crippen molar-refractivity contribution in [2.24, 2.45) is 5.16 Å². The van der Waals surface area contributed by atoms with E-state index in [1.165, 1.54) is 0 Å². The number of aromatic nitrogens is 2. The molecule has 2 aliphatic rings. The molecule has 2 aliphatic heterocycles. The van der Waals surface area contributed by atoms with Gasteiger partial charge in [-0.3, -0.25) is 0 Å². The maximum Gasteiger partial charge on any atom is 0.194 e. The van der Waals surface area contributed by atoms with Crippen molar-refractivity contribution in [3.63, 3.8) is 0 Å². The first-order chi connectivity index (χ1) is 16.9. The summed E-state index contributed by atoms with van der Waals surface area (Å²) in [5.74, 6) is -2.62. The number of fused-ring (bicyclic) bond motifs is 1. The molecular formula is C26H23F3N4O2. The summed E-state index contributed by atoms with van der Waals surface area (Å²) in [6.07, 6.45) is 5.28. The number of ether oxygens (including phenoxy) is 1. The van der Waals surface area contributed by atoms with E-state index in [-0.39, 0.29) is 6.61 Å². The summed E-state index contributed by atoms with van der Waals surface area (Å²) in [5, 5.41) is 12.3. The topological polar surface area (TPSA) is 59.8 Å². The lowest BCUT2D eigenvalue weighted by Gasteiger charge is -2.40. The van der Waals surface area contributed by atoms with Gasteiger partial charge < -0.3 is 14.5 Å². The minimum Gasteiger partial charge on any atom is -0.496 e. The fourth-order valence-electron chi connectivity index (χ4n) is 4.55. The van der Waals surface area contributed by atoms with Crippen LogP contribution in [0.25, 0.3) is 17.2 Å². The van der Waals surface area contributed by atoms with E-state index in [1.54, 1.807) is 13.3 Å². The average molecular weight is 480 g/mol. The van der Waals surface area contributed by atoms with Crippen LogP contribution in [-0.2, 0) is 4.84 Å². The number of halogens is 3. The van der Waals surface area contributed by atoms with Gasteiger partial charge in [-0.05, 0) is 72.9 Å². The summed E-state index contributed by atoms with van der Waals surface area (Å²) in [4.78, 5) is 7.41. The van der Waals surface area contributed by atoms with Crippen LogP contribution in [0.5, 0.6) is 5.75 Å². The molecule has 5 rings (SSSR count). The van der Waals surface area contributed by atoms with Gasteiger partial charge in [0.15, 0.2) is 23.3 Å². The predicted molar refractivity (Wildman–Crippen MR) is 125 cm³/mol. The number of aryl methyl sites for hydroxylation is 1. The largest absolute Gasteiger partial charge is 0.496 e. The number of hydrogen-bond donors (Lipinski definition) is 0. The molecular weight excluding hydrogens is 457 g/mol. The number of nitrogens with zero attached hydrogens (tertiary/aromatic N) is 4. The van der Waals surface area contributed by atoms with E-state index in [9.17, 15) is 13.2 Å². The van der Waals surface area contributed by atoms with Crippen molar-refractivity contribution in [3.8, 4) is 16.9 Å². The molecule has 0 spiro atoms. The van der Waals surface area contributed by atoms with Gasteiger partial charge in [-0.25, -0.2) is 13.2 Å². The molecule has 1 atom stereocenters. The first-order valence-electron chi connectivity index (χ1n) is 11.2. The van der Waals surface area contributed by atoms with Crippen molar-refractivity contribution in [2.75, 3.05) is 20.3 Å². The highest BCUT2D eigenvalue weighted by molar-refractivity contribution is 6.03. The van der Waals surface area contributed by atoms with Crippen molar-refractivity contribution >= 4 is 11.9 Å². The molecule has 1 unspecified atom stereocenters. The number of amidine groups is 1. The highest BCUT2D eigenvalue weighted by atomic mass is 19.2. The van der Waals surface area contributed by atoms with Crippen molar-refractivity contribution < 1.29 is 22.7 Å². The number of hydrogen-bond acceptors (Lipinski definition) is 6. The Hall–Kier alpha value is -3.88. The van der Waals surface area contributed by atoms with Crippen molar-refractivity contribution in [2.45, 2.75) is 25.8 Å². The zero-order valence-electron chi connectivity index (χ0n) is 19.3. The molecule has 35 heavy (non-hydrogen) atoms. The molecule has 6 nitrogen and oxygen atoms in total. The second-order valence-electron chi connectivity index (χ2n) is 8.54. The Morgan fingerprint density at radius 3 is 2.66 bits per heavy atom. The van der Waals surface area contributed by atoms with Gasteiger partial charge in [0.25, 0.3) is 0 Å². The van der Waals surface area contributed by atoms with Gasteiger partial charge >= 0.3 is 0 Å². The van der Waals surface area contributed by atoms with E-state index >= 15 is 0 Å². The summed E-state index contributed by atoms with van der Waals surface area (Å²) < 4.78 is 46.9. The van der Waals surface area contributed by atoms with E-state index in [1.807, 2.05) is 42.2 Å². The first-order valence-corrected chi connectivity index (χ1v) is 11.2. The maximum atomic E-state index is 13.9. The van der Waals surface area contributed by atoms with Gasteiger partial charge in [0.1, 0.15) is 12.4 Å². The quantitative estimate of drug-likeness (QED) is 0.466. The number of oxime groups is 1. The zero-order valence-corrected chi connectivity index (χ0v) is 19.3. The minimum atomic E-state index is -1.48. The van der Waals surface area contributed by atoms with Crippen molar-refractivity contribution in [1.82, 2.24) is 15.1 Å². The van der Waals surface area contributed by atoms with Gasteiger partial charge in [-0.15, -0.1) is 0 Å². The van der Waals surface area contributed by atoms with E-state index in [0.29, 0.717) is 23.7 Å². The third-order valence-corrected chi connectivity index (χ3v) is 6.21. The highest BCUT2D eigenvalue weighted by Crippen LogP contribution is 2.35. The summed E-state index contributed by atoms with van der Waals surface area (Å²) in [7, 11) is 1.62. The summed E-state index contributed by atoms with van der Waals surface area (Å²) in [6.45, 7) is 2.64. The average Bonchev–Trinajstić information content (AvgIpc) is 2.86. The number of benzene rings is 2.